The lowest BCUT2D eigenvalue weighted by Crippen LogP contribution is -2.50. The second-order valence-corrected chi connectivity index (χ2v) is 11.5. The molecule has 0 bridgehead atoms. The van der Waals surface area contributed by atoms with Gasteiger partial charge in [-0.3, -0.25) is 14.7 Å². The molecule has 0 amide bonds. The van der Waals surface area contributed by atoms with Crippen molar-refractivity contribution >= 4 is 17.3 Å². The van der Waals surface area contributed by atoms with Crippen molar-refractivity contribution in [3.63, 3.8) is 0 Å². The lowest BCUT2D eigenvalue weighted by atomic mass is 9.73. The van der Waals surface area contributed by atoms with Gasteiger partial charge in [0.15, 0.2) is 5.84 Å². The highest BCUT2D eigenvalue weighted by Crippen LogP contribution is 2.42. The quantitative estimate of drug-likeness (QED) is 0.517. The molecule has 2 fully saturated rings. The van der Waals surface area contributed by atoms with Crippen LogP contribution in [0.1, 0.15) is 43.3 Å². The number of piperidine rings is 1. The third-order valence-electron chi connectivity index (χ3n) is 9.10. The SMILES string of the molecule is COCCn1cc(-c2ccc3c(n2)CCCN3C2=NCc3nc(N4CCC5(CC4)CO[C@@H](C)[C@H]5N)cnc32)cn1. The first-order valence-electron chi connectivity index (χ1n) is 14.4. The fourth-order valence-corrected chi connectivity index (χ4v) is 6.59. The summed E-state index contributed by atoms with van der Waals surface area (Å²) in [7, 11) is 1.70. The Hall–Kier alpha value is -3.41. The lowest BCUT2D eigenvalue weighted by molar-refractivity contribution is 0.0974. The number of ether oxygens (including phenoxy) is 2. The summed E-state index contributed by atoms with van der Waals surface area (Å²) < 4.78 is 13.0. The minimum atomic E-state index is 0.0937. The van der Waals surface area contributed by atoms with E-state index in [4.69, 9.17) is 35.2 Å². The predicted octanol–water partition coefficient (Wildman–Crippen LogP) is 2.43. The molecular formula is C29H37N9O2. The molecular weight excluding hydrogens is 506 g/mol. The summed E-state index contributed by atoms with van der Waals surface area (Å²) in [5, 5.41) is 4.45. The van der Waals surface area contributed by atoms with Crippen LogP contribution in [-0.2, 0) is 29.0 Å². The van der Waals surface area contributed by atoms with E-state index in [1.807, 2.05) is 23.3 Å². The van der Waals surface area contributed by atoms with E-state index >= 15 is 0 Å². The number of anilines is 2. The molecule has 0 unspecified atom stereocenters. The van der Waals surface area contributed by atoms with Crippen LogP contribution in [-0.4, -0.2) is 82.7 Å². The van der Waals surface area contributed by atoms with Crippen LogP contribution >= 0.6 is 0 Å². The van der Waals surface area contributed by atoms with Gasteiger partial charge in [-0.25, -0.2) is 9.97 Å². The molecule has 0 aliphatic carbocycles. The smallest absolute Gasteiger partial charge is 0.156 e. The number of methoxy groups -OCH3 is 1. The fraction of sp³-hybridized carbons (Fsp3) is 0.552. The van der Waals surface area contributed by atoms with Crippen LogP contribution in [0.15, 0.2) is 35.7 Å². The Morgan fingerprint density at radius 3 is 2.80 bits per heavy atom. The van der Waals surface area contributed by atoms with Crippen LogP contribution < -0.4 is 15.5 Å². The van der Waals surface area contributed by atoms with Gasteiger partial charge in [-0.2, -0.15) is 5.10 Å². The lowest BCUT2D eigenvalue weighted by Gasteiger charge is -2.41. The molecule has 3 aromatic heterocycles. The van der Waals surface area contributed by atoms with E-state index in [0.29, 0.717) is 13.2 Å². The Morgan fingerprint density at radius 1 is 1.12 bits per heavy atom. The van der Waals surface area contributed by atoms with Gasteiger partial charge in [0.05, 0.1) is 67.6 Å². The number of aryl methyl sites for hydroxylation is 1. The van der Waals surface area contributed by atoms with Gasteiger partial charge >= 0.3 is 0 Å². The molecule has 3 aromatic rings. The highest BCUT2D eigenvalue weighted by Gasteiger charge is 2.47. The minimum absolute atomic E-state index is 0.0937. The number of hydrogen-bond acceptors (Lipinski definition) is 10. The van der Waals surface area contributed by atoms with E-state index < -0.39 is 0 Å². The molecule has 0 saturated carbocycles. The molecule has 7 rings (SSSR count). The van der Waals surface area contributed by atoms with Crippen molar-refractivity contribution in [2.45, 2.75) is 57.8 Å². The van der Waals surface area contributed by atoms with Gasteiger partial charge in [0, 0.05) is 50.0 Å². The number of amidine groups is 1. The topological polar surface area (TPSA) is 120 Å². The zero-order valence-electron chi connectivity index (χ0n) is 23.3. The first-order chi connectivity index (χ1) is 19.5. The number of hydrogen-bond donors (Lipinski definition) is 1. The number of aliphatic imine (C=N–C) groups is 1. The van der Waals surface area contributed by atoms with Gasteiger partial charge in [-0.05, 0) is 44.7 Å². The maximum Gasteiger partial charge on any atom is 0.156 e. The monoisotopic (exact) mass is 543 g/mol. The molecule has 11 heteroatoms. The van der Waals surface area contributed by atoms with E-state index in [1.165, 1.54) is 0 Å². The van der Waals surface area contributed by atoms with Crippen molar-refractivity contribution < 1.29 is 9.47 Å². The normalized spacial score (nSPS) is 23.4. The van der Waals surface area contributed by atoms with Crippen LogP contribution in [0.2, 0.25) is 0 Å². The zero-order chi connectivity index (χ0) is 27.3. The number of nitrogens with two attached hydrogens (primary N) is 1. The summed E-state index contributed by atoms with van der Waals surface area (Å²) in [4.78, 5) is 24.5. The van der Waals surface area contributed by atoms with Gasteiger partial charge in [0.25, 0.3) is 0 Å². The van der Waals surface area contributed by atoms with Crippen molar-refractivity contribution in [2.24, 2.45) is 16.1 Å². The summed E-state index contributed by atoms with van der Waals surface area (Å²) in [6.07, 6.45) is 9.93. The van der Waals surface area contributed by atoms with E-state index in [1.54, 1.807) is 7.11 Å². The summed E-state index contributed by atoms with van der Waals surface area (Å²) in [5.74, 6) is 1.83. The summed E-state index contributed by atoms with van der Waals surface area (Å²) in [5.41, 5.74) is 12.6. The molecule has 0 aromatic carbocycles. The summed E-state index contributed by atoms with van der Waals surface area (Å²) in [6.45, 7) is 7.49. The standard InChI is InChI=1S/C29H37N9O2/c1-19-27(30)29(18-40-19)7-10-36(11-8-29)25-16-31-26-23(35-25)15-32-28(26)38-9-3-4-22-24(38)6-5-21(34-22)20-14-33-37(17-20)12-13-39-2/h5-6,14,16-17,19,27H,3-4,7-13,15,18,30H2,1-2H3/t19-,27+/m0/s1. The number of nitrogens with zero attached hydrogens (tertiary/aromatic N) is 8. The first-order valence-corrected chi connectivity index (χ1v) is 14.4. The predicted molar refractivity (Wildman–Crippen MR) is 153 cm³/mol. The van der Waals surface area contributed by atoms with E-state index in [9.17, 15) is 0 Å². The van der Waals surface area contributed by atoms with Crippen LogP contribution in [0.25, 0.3) is 11.3 Å². The van der Waals surface area contributed by atoms with Crippen molar-refractivity contribution in [1.82, 2.24) is 24.7 Å². The summed E-state index contributed by atoms with van der Waals surface area (Å²) in [6, 6.07) is 4.34. The Balaban J connectivity index is 1.07. The van der Waals surface area contributed by atoms with Gasteiger partial charge in [-0.1, -0.05) is 0 Å². The molecule has 2 N–H and O–H groups in total. The van der Waals surface area contributed by atoms with Crippen molar-refractivity contribution in [3.05, 3.63) is 47.8 Å². The van der Waals surface area contributed by atoms with Gasteiger partial charge in [0.1, 0.15) is 11.5 Å². The van der Waals surface area contributed by atoms with Gasteiger partial charge in [-0.15, -0.1) is 0 Å². The molecule has 4 aliphatic rings. The van der Waals surface area contributed by atoms with Crippen molar-refractivity contribution in [1.29, 1.82) is 0 Å². The average molecular weight is 544 g/mol. The van der Waals surface area contributed by atoms with Crippen LogP contribution in [0.5, 0.6) is 0 Å². The van der Waals surface area contributed by atoms with Gasteiger partial charge < -0.3 is 25.0 Å². The Morgan fingerprint density at radius 2 is 2.00 bits per heavy atom. The highest BCUT2D eigenvalue weighted by atomic mass is 16.5. The molecule has 4 aliphatic heterocycles. The fourth-order valence-electron chi connectivity index (χ4n) is 6.59. The van der Waals surface area contributed by atoms with Crippen LogP contribution in [0.3, 0.4) is 0 Å². The van der Waals surface area contributed by atoms with Gasteiger partial charge in [0.2, 0.25) is 0 Å². The zero-order valence-corrected chi connectivity index (χ0v) is 23.3. The van der Waals surface area contributed by atoms with Crippen molar-refractivity contribution in [3.8, 4) is 11.3 Å². The molecule has 40 heavy (non-hydrogen) atoms. The average Bonchev–Trinajstić information content (AvgIpc) is 3.71. The largest absolute Gasteiger partial charge is 0.383 e. The Kier molecular flexibility index (Phi) is 6.52. The minimum Gasteiger partial charge on any atom is -0.383 e. The summed E-state index contributed by atoms with van der Waals surface area (Å²) >= 11 is 0. The molecule has 11 nitrogen and oxygen atoms in total. The van der Waals surface area contributed by atoms with Crippen molar-refractivity contribution in [2.75, 3.05) is 49.8 Å². The number of pyridine rings is 1. The number of rotatable bonds is 5. The van der Waals surface area contributed by atoms with Crippen LogP contribution in [0.4, 0.5) is 11.5 Å². The third kappa shape index (κ3) is 4.36. The Bertz CT molecular complexity index is 1430. The molecule has 2 atom stereocenters. The first kappa shape index (κ1) is 25.6. The van der Waals surface area contributed by atoms with Crippen LogP contribution in [0, 0.1) is 5.41 Å². The molecule has 7 heterocycles. The van der Waals surface area contributed by atoms with E-state index in [-0.39, 0.29) is 17.6 Å². The second kappa shape index (κ2) is 10.2. The third-order valence-corrected chi connectivity index (χ3v) is 9.10. The molecule has 2 saturated heterocycles. The second-order valence-electron chi connectivity index (χ2n) is 11.5. The molecule has 1 spiro atoms. The maximum absolute atomic E-state index is 6.52. The maximum atomic E-state index is 6.52. The molecule has 210 valence electrons. The molecule has 0 radical (unpaired) electrons. The highest BCUT2D eigenvalue weighted by molar-refractivity contribution is 6.11. The Labute approximate surface area is 234 Å². The number of fused-ring (bicyclic) bond motifs is 2. The number of aromatic nitrogens is 5. The van der Waals surface area contributed by atoms with E-state index in [0.717, 1.165) is 104 Å². The van der Waals surface area contributed by atoms with E-state index in [2.05, 4.69) is 34.0 Å².